The van der Waals surface area contributed by atoms with Crippen LogP contribution >= 0.6 is 11.6 Å². The van der Waals surface area contributed by atoms with Crippen LogP contribution in [-0.2, 0) is 16.0 Å². The van der Waals surface area contributed by atoms with Gasteiger partial charge in [-0.05, 0) is 43.2 Å². The fraction of sp³-hybridized carbons (Fsp3) is 0.621. The summed E-state index contributed by atoms with van der Waals surface area (Å²) in [5, 5.41) is 41.6. The minimum absolute atomic E-state index is 0.0577. The normalized spacial score (nSPS) is 20.1. The number of carbonyl (C=O) groups excluding carboxylic acids is 1. The van der Waals surface area contributed by atoms with Crippen molar-refractivity contribution in [1.29, 1.82) is 0 Å². The van der Waals surface area contributed by atoms with Gasteiger partial charge in [0.1, 0.15) is 30.5 Å². The third-order valence-corrected chi connectivity index (χ3v) is 8.04. The maximum atomic E-state index is 14.8. The molecule has 238 valence electrons. The molecule has 0 bridgehead atoms. The monoisotopic (exact) mass is 625 g/mol. The molecule has 4 rings (SSSR count). The Morgan fingerprint density at radius 1 is 1.19 bits per heavy atom. The minimum atomic E-state index is -1.52. The Hall–Kier alpha value is -2.65. The summed E-state index contributed by atoms with van der Waals surface area (Å²) in [6.07, 6.45) is 2.73. The average Bonchev–Trinajstić information content (AvgIpc) is 3.03. The average molecular weight is 626 g/mol. The standard InChI is InChI=1S/C29H41ClFN5O7/c30-21-12-33-29(34-13-21)35-7-5-19(6-8-35)2-1-9-43-23-4-3-20(24(31)11-23)10-27(40)36-15-22(17-42-18-36)32-14-25(38)28(41)26(39)16-37/h3-4,11-13,19,22,25-26,28,32,37-39,41H,1-2,5-10,14-18H2/t22?,25-,26+,28-/m0/s1. The zero-order valence-electron chi connectivity index (χ0n) is 24.0. The van der Waals surface area contributed by atoms with Crippen LogP contribution in [0.2, 0.25) is 5.02 Å². The number of aromatic nitrogens is 2. The molecule has 0 saturated carbocycles. The first-order chi connectivity index (χ1) is 20.7. The van der Waals surface area contributed by atoms with Gasteiger partial charge in [-0.1, -0.05) is 17.7 Å². The fourth-order valence-corrected chi connectivity index (χ4v) is 5.33. The lowest BCUT2D eigenvalue weighted by atomic mass is 9.92. The molecule has 0 aliphatic carbocycles. The quantitative estimate of drug-likeness (QED) is 0.188. The van der Waals surface area contributed by atoms with Crippen molar-refractivity contribution < 1.29 is 39.1 Å². The van der Waals surface area contributed by atoms with Crippen molar-refractivity contribution in [2.24, 2.45) is 5.92 Å². The van der Waals surface area contributed by atoms with E-state index >= 15 is 0 Å². The van der Waals surface area contributed by atoms with Crippen molar-refractivity contribution in [3.8, 4) is 5.75 Å². The van der Waals surface area contributed by atoms with Gasteiger partial charge in [0.2, 0.25) is 11.9 Å². The Morgan fingerprint density at radius 2 is 1.93 bits per heavy atom. The molecule has 2 aliphatic heterocycles. The summed E-state index contributed by atoms with van der Waals surface area (Å²) in [5.41, 5.74) is 0.250. The molecule has 1 unspecified atom stereocenters. The number of rotatable bonds is 14. The van der Waals surface area contributed by atoms with Crippen LogP contribution in [0.25, 0.3) is 0 Å². The van der Waals surface area contributed by atoms with E-state index in [-0.39, 0.29) is 50.4 Å². The Bertz CT molecular complexity index is 1160. The van der Waals surface area contributed by atoms with Gasteiger partial charge < -0.3 is 45.0 Å². The Labute approximate surface area is 255 Å². The van der Waals surface area contributed by atoms with E-state index in [0.29, 0.717) is 29.2 Å². The highest BCUT2D eigenvalue weighted by Crippen LogP contribution is 2.25. The van der Waals surface area contributed by atoms with E-state index in [2.05, 4.69) is 20.2 Å². The van der Waals surface area contributed by atoms with Gasteiger partial charge >= 0.3 is 0 Å². The van der Waals surface area contributed by atoms with Crippen molar-refractivity contribution in [2.45, 2.75) is 56.5 Å². The van der Waals surface area contributed by atoms with E-state index < -0.39 is 30.7 Å². The van der Waals surface area contributed by atoms with Gasteiger partial charge in [0, 0.05) is 38.3 Å². The van der Waals surface area contributed by atoms with Gasteiger partial charge in [-0.25, -0.2) is 14.4 Å². The van der Waals surface area contributed by atoms with E-state index in [1.807, 2.05) is 0 Å². The molecule has 2 aliphatic rings. The van der Waals surface area contributed by atoms with Crippen molar-refractivity contribution in [2.75, 3.05) is 57.6 Å². The van der Waals surface area contributed by atoms with Crippen molar-refractivity contribution >= 4 is 23.5 Å². The molecule has 1 aromatic carbocycles. The van der Waals surface area contributed by atoms with Crippen molar-refractivity contribution in [3.63, 3.8) is 0 Å². The number of hydrogen-bond donors (Lipinski definition) is 5. The summed E-state index contributed by atoms with van der Waals surface area (Å²) in [5.74, 6) is 0.871. The molecule has 1 amide bonds. The fourth-order valence-electron chi connectivity index (χ4n) is 5.23. The summed E-state index contributed by atoms with van der Waals surface area (Å²) < 4.78 is 26.1. The first kappa shape index (κ1) is 33.2. The van der Waals surface area contributed by atoms with Gasteiger partial charge in [-0.3, -0.25) is 4.79 Å². The van der Waals surface area contributed by atoms with Gasteiger partial charge in [0.15, 0.2) is 0 Å². The molecule has 14 heteroatoms. The van der Waals surface area contributed by atoms with Crippen LogP contribution in [0.1, 0.15) is 31.2 Å². The zero-order valence-corrected chi connectivity index (χ0v) is 24.8. The second kappa shape index (κ2) is 16.4. The number of halogens is 2. The number of hydrogen-bond acceptors (Lipinski definition) is 11. The number of aliphatic hydroxyl groups excluding tert-OH is 4. The largest absolute Gasteiger partial charge is 0.493 e. The van der Waals surface area contributed by atoms with E-state index in [1.54, 1.807) is 24.5 Å². The van der Waals surface area contributed by atoms with E-state index in [1.165, 1.54) is 11.0 Å². The second-order valence-corrected chi connectivity index (χ2v) is 11.5. The van der Waals surface area contributed by atoms with Crippen LogP contribution < -0.4 is 15.0 Å². The molecule has 43 heavy (non-hydrogen) atoms. The van der Waals surface area contributed by atoms with Crippen molar-refractivity contribution in [1.82, 2.24) is 20.2 Å². The van der Waals surface area contributed by atoms with Gasteiger partial charge in [-0.2, -0.15) is 0 Å². The molecule has 3 heterocycles. The minimum Gasteiger partial charge on any atom is -0.493 e. The first-order valence-electron chi connectivity index (χ1n) is 14.6. The molecule has 5 N–H and O–H groups in total. The maximum absolute atomic E-state index is 14.8. The van der Waals surface area contributed by atoms with Crippen molar-refractivity contribution in [3.05, 3.63) is 47.0 Å². The van der Waals surface area contributed by atoms with E-state index in [4.69, 9.17) is 26.2 Å². The number of benzene rings is 1. The third-order valence-electron chi connectivity index (χ3n) is 7.85. The first-order valence-corrected chi connectivity index (χ1v) is 15.0. The summed E-state index contributed by atoms with van der Waals surface area (Å²) in [4.78, 5) is 25.1. The lowest BCUT2D eigenvalue weighted by molar-refractivity contribution is -0.142. The lowest BCUT2D eigenvalue weighted by Gasteiger charge is -2.34. The van der Waals surface area contributed by atoms with Crippen LogP contribution in [0.4, 0.5) is 10.3 Å². The van der Waals surface area contributed by atoms with E-state index in [0.717, 1.165) is 38.8 Å². The maximum Gasteiger partial charge on any atom is 0.228 e. The van der Waals surface area contributed by atoms with Gasteiger partial charge in [0.25, 0.3) is 0 Å². The number of aliphatic hydroxyl groups is 4. The Balaban J connectivity index is 1.14. The molecule has 0 radical (unpaired) electrons. The predicted octanol–water partition coefficient (Wildman–Crippen LogP) is 0.737. The summed E-state index contributed by atoms with van der Waals surface area (Å²) >= 11 is 5.87. The summed E-state index contributed by atoms with van der Waals surface area (Å²) in [6, 6.07) is 4.19. The predicted molar refractivity (Wildman–Crippen MR) is 156 cm³/mol. The smallest absolute Gasteiger partial charge is 0.228 e. The molecule has 0 spiro atoms. The number of amides is 1. The number of ether oxygens (including phenoxy) is 2. The molecular formula is C29H41ClFN5O7. The molecule has 2 aromatic rings. The van der Waals surface area contributed by atoms with Gasteiger partial charge in [-0.15, -0.1) is 0 Å². The molecular weight excluding hydrogens is 585 g/mol. The van der Waals surface area contributed by atoms with E-state index in [9.17, 15) is 24.5 Å². The molecule has 2 fully saturated rings. The molecule has 4 atom stereocenters. The third kappa shape index (κ3) is 9.93. The zero-order chi connectivity index (χ0) is 30.8. The number of carbonyl (C=O) groups is 1. The molecule has 2 saturated heterocycles. The van der Waals surface area contributed by atoms with Crippen LogP contribution in [-0.4, -0.2) is 118 Å². The summed E-state index contributed by atoms with van der Waals surface area (Å²) in [6.45, 7) is 2.09. The number of piperidine rings is 1. The van der Waals surface area contributed by atoms with Crippen LogP contribution in [0, 0.1) is 11.7 Å². The number of nitrogens with zero attached hydrogens (tertiary/aromatic N) is 4. The topological polar surface area (TPSA) is 161 Å². The van der Waals surface area contributed by atoms with Crippen LogP contribution in [0.3, 0.4) is 0 Å². The Morgan fingerprint density at radius 3 is 2.63 bits per heavy atom. The lowest BCUT2D eigenvalue weighted by Crippen LogP contribution is -2.54. The highest BCUT2D eigenvalue weighted by Gasteiger charge is 2.28. The SMILES string of the molecule is O=C(Cc1ccc(OCCCC2CCN(c3ncc(Cl)cn3)CC2)cc1F)N1COCC(NC[C@H](O)[C@H](O)[C@H](O)CO)C1. The van der Waals surface area contributed by atoms with Crippen LogP contribution in [0.5, 0.6) is 5.75 Å². The number of anilines is 1. The summed E-state index contributed by atoms with van der Waals surface area (Å²) in [7, 11) is 0. The highest BCUT2D eigenvalue weighted by molar-refractivity contribution is 6.30. The highest BCUT2D eigenvalue weighted by atomic mass is 35.5. The molecule has 1 aromatic heterocycles. The number of nitrogens with one attached hydrogen (secondary N) is 1. The van der Waals surface area contributed by atoms with Crippen LogP contribution in [0.15, 0.2) is 30.6 Å². The second-order valence-electron chi connectivity index (χ2n) is 11.1. The molecule has 12 nitrogen and oxygen atoms in total. The van der Waals surface area contributed by atoms with Gasteiger partial charge in [0.05, 0.1) is 49.8 Å². The Kier molecular flexibility index (Phi) is 12.7.